The molecule has 0 radical (unpaired) electrons. The second-order valence-corrected chi connectivity index (χ2v) is 7.41. The molecule has 2 heterocycles. The maximum absolute atomic E-state index is 11.4. The van der Waals surface area contributed by atoms with E-state index in [0.29, 0.717) is 0 Å². The lowest BCUT2D eigenvalue weighted by Gasteiger charge is -1.98. The van der Waals surface area contributed by atoms with Crippen LogP contribution in [0.5, 0.6) is 0 Å². The molecular formula is C20H18FIN2O2S. The number of aromatic amines is 2. The van der Waals surface area contributed by atoms with Gasteiger partial charge in [-0.1, -0.05) is 0 Å². The quantitative estimate of drug-likeness (QED) is 0.289. The molecule has 7 heteroatoms. The Bertz CT molecular complexity index is 1180. The highest BCUT2D eigenvalue weighted by Gasteiger charge is 1.98. The highest BCUT2D eigenvalue weighted by molar-refractivity contribution is 14.1. The smallest absolute Gasteiger partial charge is 0.189 e. The Kier molecular flexibility index (Phi) is 7.46. The fraction of sp³-hybridized carbons (Fsp3) is 0.100. The SMILES string of the molecule is CSc1ccc2[nH]ccc(=O)c2c1.O=c1cc[nH]c2ccc(I)cc12.[2H]CF. The maximum Gasteiger partial charge on any atom is 0.189 e. The summed E-state index contributed by atoms with van der Waals surface area (Å²) in [6, 6.07) is 14.7. The number of pyridine rings is 2. The molecule has 0 atom stereocenters. The van der Waals surface area contributed by atoms with Crippen LogP contribution in [0.1, 0.15) is 1.37 Å². The molecule has 0 amide bonds. The Morgan fingerprint density at radius 1 is 0.926 bits per heavy atom. The Morgan fingerprint density at radius 3 is 2.00 bits per heavy atom. The van der Waals surface area contributed by atoms with Gasteiger partial charge in [-0.05, 0) is 65.2 Å². The Balaban J connectivity index is 0.000000176. The van der Waals surface area contributed by atoms with Gasteiger partial charge in [-0.15, -0.1) is 11.8 Å². The van der Waals surface area contributed by atoms with Gasteiger partial charge in [-0.25, -0.2) is 0 Å². The summed E-state index contributed by atoms with van der Waals surface area (Å²) in [4.78, 5) is 29.9. The van der Waals surface area contributed by atoms with Gasteiger partial charge in [0.25, 0.3) is 0 Å². The molecule has 2 aromatic carbocycles. The first-order valence-corrected chi connectivity index (χ1v) is 10.1. The molecule has 4 rings (SSSR count). The first-order valence-electron chi connectivity index (χ1n) is 8.48. The Labute approximate surface area is 174 Å². The third kappa shape index (κ3) is 5.43. The topological polar surface area (TPSA) is 65.7 Å². The van der Waals surface area contributed by atoms with Gasteiger partial charge in [0.2, 0.25) is 0 Å². The largest absolute Gasteiger partial charge is 0.361 e. The molecule has 0 fully saturated rings. The van der Waals surface area contributed by atoms with Crippen LogP contribution in [0, 0.1) is 3.57 Å². The van der Waals surface area contributed by atoms with Crippen LogP contribution in [0.2, 0.25) is 0 Å². The zero-order chi connectivity index (χ0) is 20.5. The molecule has 0 saturated heterocycles. The number of rotatable bonds is 1. The number of H-pyrrole nitrogens is 2. The predicted octanol–water partition coefficient (Wildman–Crippen LogP) is 4.97. The van der Waals surface area contributed by atoms with Crippen LogP contribution in [0.3, 0.4) is 0 Å². The maximum atomic E-state index is 11.4. The normalized spacial score (nSPS) is 10.4. The zero-order valence-electron chi connectivity index (χ0n) is 15.5. The number of benzene rings is 2. The minimum absolute atomic E-state index is 0.0715. The van der Waals surface area contributed by atoms with Crippen molar-refractivity contribution in [1.82, 2.24) is 9.97 Å². The first kappa shape index (κ1) is 19.6. The molecule has 0 aliphatic carbocycles. The van der Waals surface area contributed by atoms with Gasteiger partial charge in [0.15, 0.2) is 10.9 Å². The van der Waals surface area contributed by atoms with Gasteiger partial charge in [-0.2, -0.15) is 0 Å². The van der Waals surface area contributed by atoms with Crippen molar-refractivity contribution in [2.45, 2.75) is 4.90 Å². The molecule has 4 aromatic rings. The molecule has 0 aliphatic rings. The van der Waals surface area contributed by atoms with Gasteiger partial charge >= 0.3 is 0 Å². The predicted molar refractivity (Wildman–Crippen MR) is 121 cm³/mol. The molecule has 2 aromatic heterocycles. The molecule has 27 heavy (non-hydrogen) atoms. The van der Waals surface area contributed by atoms with Crippen molar-refractivity contribution in [2.24, 2.45) is 0 Å². The van der Waals surface area contributed by atoms with E-state index in [9.17, 15) is 14.0 Å². The van der Waals surface area contributed by atoms with E-state index in [2.05, 4.69) is 32.6 Å². The Morgan fingerprint density at radius 2 is 1.44 bits per heavy atom. The molecule has 0 aliphatic heterocycles. The van der Waals surface area contributed by atoms with Crippen LogP contribution in [0.4, 0.5) is 4.39 Å². The van der Waals surface area contributed by atoms with Gasteiger partial charge in [0.05, 0.1) is 8.52 Å². The van der Waals surface area contributed by atoms with Crippen LogP contribution in [0.25, 0.3) is 21.8 Å². The van der Waals surface area contributed by atoms with E-state index in [-0.39, 0.29) is 10.9 Å². The van der Waals surface area contributed by atoms with Crippen molar-refractivity contribution in [2.75, 3.05) is 13.4 Å². The number of alkyl halides is 1. The third-order valence-corrected chi connectivity index (χ3v) is 5.08. The average Bonchev–Trinajstić information content (AvgIpc) is 2.70. The third-order valence-electron chi connectivity index (χ3n) is 3.69. The van der Waals surface area contributed by atoms with E-state index >= 15 is 0 Å². The van der Waals surface area contributed by atoms with Crippen molar-refractivity contribution in [3.8, 4) is 0 Å². The number of nitrogens with one attached hydrogen (secondary N) is 2. The van der Waals surface area contributed by atoms with Crippen LogP contribution >= 0.6 is 34.4 Å². The van der Waals surface area contributed by atoms with Crippen LogP contribution in [-0.2, 0) is 0 Å². The second-order valence-electron chi connectivity index (χ2n) is 5.29. The molecule has 4 nitrogen and oxygen atoms in total. The van der Waals surface area contributed by atoms with Crippen LogP contribution in [0.15, 0.2) is 75.4 Å². The number of thioether (sulfide) groups is 1. The monoisotopic (exact) mass is 497 g/mol. The molecule has 0 saturated carbocycles. The van der Waals surface area contributed by atoms with E-state index < -0.39 is 7.15 Å². The number of aromatic nitrogens is 2. The molecule has 0 bridgehead atoms. The lowest BCUT2D eigenvalue weighted by atomic mass is 10.2. The highest BCUT2D eigenvalue weighted by Crippen LogP contribution is 2.18. The standard InChI is InChI=1S/C10H9NOS.C9H6INO.CH3F/c1-13-7-2-3-9-8(6-7)10(12)4-5-11-9;10-6-1-2-8-7(5-6)9(12)3-4-11-8;1-2/h2-6H,1H3,(H,11,12);1-5H,(H,11,12);1H3/i;;1D. The van der Waals surface area contributed by atoms with E-state index in [1.165, 1.54) is 0 Å². The van der Waals surface area contributed by atoms with Gasteiger partial charge in [0, 0.05) is 54.8 Å². The van der Waals surface area contributed by atoms with E-state index in [1.54, 1.807) is 36.3 Å². The number of hydrogen-bond acceptors (Lipinski definition) is 3. The minimum atomic E-state index is -1.00. The van der Waals surface area contributed by atoms with E-state index in [0.717, 1.165) is 30.3 Å². The second kappa shape index (κ2) is 10.3. The number of halogens is 2. The summed E-state index contributed by atoms with van der Waals surface area (Å²) in [6.07, 6.45) is 5.33. The first-order chi connectivity index (χ1) is 13.5. The van der Waals surface area contributed by atoms with Crippen molar-refractivity contribution >= 4 is 56.2 Å². The van der Waals surface area contributed by atoms with Crippen molar-refractivity contribution in [3.63, 3.8) is 0 Å². The Hall–Kier alpha value is -2.13. The van der Waals surface area contributed by atoms with Gasteiger partial charge in [0.1, 0.15) is 0 Å². The summed E-state index contributed by atoms with van der Waals surface area (Å²) >= 11 is 3.83. The number of fused-ring (bicyclic) bond motifs is 2. The summed E-state index contributed by atoms with van der Waals surface area (Å²) in [7, 11) is -1.00. The fourth-order valence-corrected chi connectivity index (χ4v) is 3.35. The van der Waals surface area contributed by atoms with Crippen LogP contribution < -0.4 is 10.9 Å². The lowest BCUT2D eigenvalue weighted by Crippen LogP contribution is -1.99. The van der Waals surface area contributed by atoms with Crippen molar-refractivity contribution in [1.29, 1.82) is 0 Å². The number of hydrogen-bond donors (Lipinski definition) is 2. The van der Waals surface area contributed by atoms with Gasteiger partial charge < -0.3 is 9.97 Å². The highest BCUT2D eigenvalue weighted by atomic mass is 127. The summed E-state index contributed by atoms with van der Waals surface area (Å²) in [6.45, 7) is 0. The minimum Gasteiger partial charge on any atom is -0.361 e. The van der Waals surface area contributed by atoms with Crippen molar-refractivity contribution in [3.05, 3.63) is 84.9 Å². The molecular weight excluding hydrogens is 478 g/mol. The van der Waals surface area contributed by atoms with Crippen LogP contribution in [-0.4, -0.2) is 23.4 Å². The summed E-state index contributed by atoms with van der Waals surface area (Å²) in [5.41, 5.74) is 1.93. The van der Waals surface area contributed by atoms with Gasteiger partial charge in [-0.3, -0.25) is 14.0 Å². The molecule has 0 spiro atoms. The summed E-state index contributed by atoms with van der Waals surface area (Å²) in [5.74, 6) is 0. The molecule has 140 valence electrons. The summed E-state index contributed by atoms with van der Waals surface area (Å²) in [5, 5.41) is 1.51. The molecule has 2 N–H and O–H groups in total. The van der Waals surface area contributed by atoms with E-state index in [1.807, 2.05) is 42.7 Å². The molecule has 0 unspecified atom stereocenters. The zero-order valence-corrected chi connectivity index (χ0v) is 17.4. The summed E-state index contributed by atoms with van der Waals surface area (Å²) < 4.78 is 16.6. The van der Waals surface area contributed by atoms with E-state index in [4.69, 9.17) is 1.37 Å². The lowest BCUT2D eigenvalue weighted by molar-refractivity contribution is 0.636. The average molecular weight is 497 g/mol. The fourth-order valence-electron chi connectivity index (χ4n) is 2.42. The van der Waals surface area contributed by atoms with Crippen molar-refractivity contribution < 1.29 is 5.76 Å².